The molecular weight excluding hydrogens is 296 g/mol. The maximum atomic E-state index is 11.8. The molecule has 0 aliphatic carbocycles. The number of nitrogens with zero attached hydrogens (tertiary/aromatic N) is 4. The Morgan fingerprint density at radius 2 is 2.26 bits per heavy atom. The Kier molecular flexibility index (Phi) is 4.32. The predicted molar refractivity (Wildman–Crippen MR) is 82.9 cm³/mol. The highest BCUT2D eigenvalue weighted by Crippen LogP contribution is 2.17. The Labute approximate surface area is 132 Å². The van der Waals surface area contributed by atoms with Gasteiger partial charge in [-0.05, 0) is 53.2 Å². The molecule has 3 rings (SSSR count). The fourth-order valence-electron chi connectivity index (χ4n) is 2.14. The third-order valence-electron chi connectivity index (χ3n) is 3.29. The largest absolute Gasteiger partial charge is 0.467 e. The molecule has 2 aromatic heterocycles. The number of aromatic nitrogens is 4. The van der Waals surface area contributed by atoms with Gasteiger partial charge in [0.05, 0.1) is 25.0 Å². The average molecular weight is 312 g/mol. The van der Waals surface area contributed by atoms with Crippen molar-refractivity contribution in [3.05, 3.63) is 54.2 Å². The monoisotopic (exact) mass is 312 g/mol. The zero-order valence-electron chi connectivity index (χ0n) is 12.6. The van der Waals surface area contributed by atoms with Gasteiger partial charge in [0.15, 0.2) is 0 Å². The van der Waals surface area contributed by atoms with Crippen molar-refractivity contribution in [3.8, 4) is 5.69 Å². The smallest absolute Gasteiger partial charge is 0.239 e. The molecule has 0 bridgehead atoms. The van der Waals surface area contributed by atoms with E-state index in [4.69, 9.17) is 4.42 Å². The summed E-state index contributed by atoms with van der Waals surface area (Å²) in [5.41, 5.74) is 2.74. The lowest BCUT2D eigenvalue weighted by molar-refractivity contribution is -0.119. The quantitative estimate of drug-likeness (QED) is 0.712. The average Bonchev–Trinajstić information content (AvgIpc) is 3.24. The minimum atomic E-state index is -0.108. The molecule has 0 saturated carbocycles. The van der Waals surface area contributed by atoms with Gasteiger partial charge in [-0.3, -0.25) is 4.79 Å². The summed E-state index contributed by atoms with van der Waals surface area (Å²) in [6.07, 6.45) is 3.12. The number of rotatable bonds is 6. The predicted octanol–water partition coefficient (Wildman–Crippen LogP) is 1.29. The molecule has 118 valence electrons. The van der Waals surface area contributed by atoms with Crippen molar-refractivity contribution in [2.75, 3.05) is 11.9 Å². The zero-order valence-corrected chi connectivity index (χ0v) is 12.6. The number of carbonyl (C=O) groups is 1. The maximum absolute atomic E-state index is 11.8. The van der Waals surface area contributed by atoms with Crippen molar-refractivity contribution >= 4 is 11.6 Å². The summed E-state index contributed by atoms with van der Waals surface area (Å²) in [6, 6.07) is 9.32. The number of amides is 1. The van der Waals surface area contributed by atoms with Crippen LogP contribution in [0.15, 0.2) is 47.3 Å². The van der Waals surface area contributed by atoms with E-state index >= 15 is 0 Å². The Morgan fingerprint density at radius 3 is 2.96 bits per heavy atom. The molecule has 1 amide bonds. The van der Waals surface area contributed by atoms with Gasteiger partial charge in [-0.25, -0.2) is 4.68 Å². The molecule has 3 aromatic rings. The number of tetrazole rings is 1. The van der Waals surface area contributed by atoms with E-state index in [1.165, 1.54) is 6.33 Å². The first-order valence-corrected chi connectivity index (χ1v) is 7.09. The van der Waals surface area contributed by atoms with Gasteiger partial charge >= 0.3 is 0 Å². The number of benzene rings is 1. The summed E-state index contributed by atoms with van der Waals surface area (Å²) in [5.74, 6) is 0.614. The summed E-state index contributed by atoms with van der Waals surface area (Å²) in [7, 11) is 0. The van der Waals surface area contributed by atoms with E-state index in [1.54, 1.807) is 17.0 Å². The third kappa shape index (κ3) is 3.73. The second-order valence-electron chi connectivity index (χ2n) is 4.97. The van der Waals surface area contributed by atoms with Gasteiger partial charge in [-0.1, -0.05) is 0 Å². The topological polar surface area (TPSA) is 97.9 Å². The highest BCUT2D eigenvalue weighted by atomic mass is 16.3. The van der Waals surface area contributed by atoms with Crippen LogP contribution in [0.25, 0.3) is 5.69 Å². The molecule has 23 heavy (non-hydrogen) atoms. The summed E-state index contributed by atoms with van der Waals surface area (Å²) < 4.78 is 6.75. The van der Waals surface area contributed by atoms with Crippen LogP contribution < -0.4 is 10.6 Å². The molecule has 2 N–H and O–H groups in total. The summed E-state index contributed by atoms with van der Waals surface area (Å²) in [5, 5.41) is 17.0. The van der Waals surface area contributed by atoms with Crippen molar-refractivity contribution in [1.82, 2.24) is 25.5 Å². The number of nitrogens with one attached hydrogen (secondary N) is 2. The number of aryl methyl sites for hydroxylation is 1. The highest BCUT2D eigenvalue weighted by molar-refractivity contribution is 5.80. The first-order valence-electron chi connectivity index (χ1n) is 7.09. The van der Waals surface area contributed by atoms with E-state index in [9.17, 15) is 4.79 Å². The number of anilines is 1. The minimum Gasteiger partial charge on any atom is -0.467 e. The Morgan fingerprint density at radius 1 is 1.35 bits per heavy atom. The Bertz CT molecular complexity index is 767. The van der Waals surface area contributed by atoms with Crippen LogP contribution in [0.5, 0.6) is 0 Å². The zero-order chi connectivity index (χ0) is 16.1. The van der Waals surface area contributed by atoms with Gasteiger partial charge in [-0.15, -0.1) is 5.10 Å². The molecule has 0 fully saturated rings. The van der Waals surface area contributed by atoms with Crippen LogP contribution in [0, 0.1) is 6.92 Å². The standard InChI is InChI=1S/C15H16N6O2/c1-11-7-12(4-5-14(11)21-10-18-19-20-21)16-9-15(22)17-8-13-3-2-6-23-13/h2-7,10,16H,8-9H2,1H3,(H,17,22). The van der Waals surface area contributed by atoms with Crippen LogP contribution in [-0.4, -0.2) is 32.7 Å². The molecule has 1 aromatic carbocycles. The summed E-state index contributed by atoms with van der Waals surface area (Å²) in [6.45, 7) is 2.52. The second kappa shape index (κ2) is 6.73. The highest BCUT2D eigenvalue weighted by Gasteiger charge is 2.06. The SMILES string of the molecule is Cc1cc(NCC(=O)NCc2ccco2)ccc1-n1cnnn1. The summed E-state index contributed by atoms with van der Waals surface area (Å²) >= 11 is 0. The molecule has 0 saturated heterocycles. The van der Waals surface area contributed by atoms with Gasteiger partial charge in [0.25, 0.3) is 0 Å². The number of furan rings is 1. The lowest BCUT2D eigenvalue weighted by Gasteiger charge is -2.10. The van der Waals surface area contributed by atoms with E-state index < -0.39 is 0 Å². The minimum absolute atomic E-state index is 0.108. The molecule has 0 aliphatic heterocycles. The van der Waals surface area contributed by atoms with E-state index in [-0.39, 0.29) is 12.5 Å². The van der Waals surface area contributed by atoms with E-state index in [1.807, 2.05) is 31.2 Å². The fourth-order valence-corrected chi connectivity index (χ4v) is 2.14. The fraction of sp³-hybridized carbons (Fsp3) is 0.200. The van der Waals surface area contributed by atoms with E-state index in [0.717, 1.165) is 22.7 Å². The first-order chi connectivity index (χ1) is 11.2. The molecule has 2 heterocycles. The van der Waals surface area contributed by atoms with Crippen molar-refractivity contribution in [2.24, 2.45) is 0 Å². The van der Waals surface area contributed by atoms with Crippen LogP contribution in [0.4, 0.5) is 5.69 Å². The van der Waals surface area contributed by atoms with Crippen LogP contribution >= 0.6 is 0 Å². The van der Waals surface area contributed by atoms with Crippen LogP contribution in [0.2, 0.25) is 0 Å². The molecule has 0 spiro atoms. The molecule has 0 atom stereocenters. The van der Waals surface area contributed by atoms with Crippen molar-refractivity contribution in [2.45, 2.75) is 13.5 Å². The Hall–Kier alpha value is -3.16. The molecular formula is C15H16N6O2. The lowest BCUT2D eigenvalue weighted by atomic mass is 10.2. The lowest BCUT2D eigenvalue weighted by Crippen LogP contribution is -2.29. The number of carbonyl (C=O) groups excluding carboxylic acids is 1. The van der Waals surface area contributed by atoms with Gasteiger partial charge < -0.3 is 15.1 Å². The van der Waals surface area contributed by atoms with Crippen LogP contribution in [0.1, 0.15) is 11.3 Å². The first kappa shape index (κ1) is 14.8. The van der Waals surface area contributed by atoms with Gasteiger partial charge in [-0.2, -0.15) is 0 Å². The second-order valence-corrected chi connectivity index (χ2v) is 4.97. The van der Waals surface area contributed by atoms with E-state index in [2.05, 4.69) is 26.2 Å². The third-order valence-corrected chi connectivity index (χ3v) is 3.29. The summed E-state index contributed by atoms with van der Waals surface area (Å²) in [4.78, 5) is 11.8. The van der Waals surface area contributed by atoms with Crippen LogP contribution in [0.3, 0.4) is 0 Å². The molecule has 0 unspecified atom stereocenters. The number of hydrogen-bond donors (Lipinski definition) is 2. The molecule has 0 radical (unpaired) electrons. The normalized spacial score (nSPS) is 10.5. The maximum Gasteiger partial charge on any atom is 0.239 e. The Balaban J connectivity index is 1.54. The number of hydrogen-bond acceptors (Lipinski definition) is 6. The molecule has 8 nitrogen and oxygen atoms in total. The van der Waals surface area contributed by atoms with Crippen molar-refractivity contribution in [3.63, 3.8) is 0 Å². The molecule has 0 aliphatic rings. The van der Waals surface area contributed by atoms with Crippen LogP contribution in [-0.2, 0) is 11.3 Å². The van der Waals surface area contributed by atoms with Gasteiger partial charge in [0, 0.05) is 5.69 Å². The molecule has 8 heteroatoms. The van der Waals surface area contributed by atoms with Gasteiger partial charge in [0.1, 0.15) is 12.1 Å². The van der Waals surface area contributed by atoms with E-state index in [0.29, 0.717) is 6.54 Å². The van der Waals surface area contributed by atoms with Crippen molar-refractivity contribution < 1.29 is 9.21 Å². The van der Waals surface area contributed by atoms with Gasteiger partial charge in [0.2, 0.25) is 5.91 Å². The van der Waals surface area contributed by atoms with Crippen molar-refractivity contribution in [1.29, 1.82) is 0 Å².